The largest absolute Gasteiger partial charge is 0.337 e. The molecule has 124 valence electrons. The predicted molar refractivity (Wildman–Crippen MR) is 87.4 cm³/mol. The monoisotopic (exact) mass is 345 g/mol. The number of hydrogen-bond acceptors (Lipinski definition) is 5. The minimum absolute atomic E-state index is 0.0958. The first-order chi connectivity index (χ1) is 11.5. The Morgan fingerprint density at radius 1 is 1.54 bits per heavy atom. The molecule has 0 aliphatic heterocycles. The number of nitriles is 1. The fraction of sp³-hybridized carbons (Fsp3) is 0.375. The maximum Gasteiger partial charge on any atom is 0.231 e. The van der Waals surface area contributed by atoms with Crippen molar-refractivity contribution in [2.24, 2.45) is 5.92 Å². The molecule has 1 fully saturated rings. The van der Waals surface area contributed by atoms with E-state index in [-0.39, 0.29) is 17.6 Å². The van der Waals surface area contributed by atoms with Gasteiger partial charge in [-0.15, -0.1) is 5.10 Å². The number of amides is 1. The molecule has 1 aliphatic carbocycles. The molecule has 1 atom stereocenters. The van der Waals surface area contributed by atoms with Crippen molar-refractivity contribution in [2.45, 2.75) is 30.5 Å². The summed E-state index contributed by atoms with van der Waals surface area (Å²) in [5.74, 6) is 0.00674. The number of H-pyrrole nitrogens is 1. The number of carbonyl (C=O) groups is 1. The Bertz CT molecular complexity index is 798. The lowest BCUT2D eigenvalue weighted by molar-refractivity contribution is -0.119. The topological polar surface area (TPSA) is 94.5 Å². The molecular weight excluding hydrogens is 329 g/mol. The van der Waals surface area contributed by atoms with E-state index in [9.17, 15) is 14.4 Å². The van der Waals surface area contributed by atoms with Crippen LogP contribution < -0.4 is 5.32 Å². The van der Waals surface area contributed by atoms with Crippen LogP contribution >= 0.6 is 11.8 Å². The molecule has 1 aliphatic rings. The number of rotatable bonds is 6. The number of thioether (sulfide) groups is 1. The van der Waals surface area contributed by atoms with Gasteiger partial charge in [0.05, 0.1) is 17.4 Å². The Balaban J connectivity index is 1.59. The lowest BCUT2D eigenvalue weighted by atomic mass is 9.98. The van der Waals surface area contributed by atoms with Gasteiger partial charge in [0.25, 0.3) is 0 Å². The average Bonchev–Trinajstić information content (AvgIpc) is 3.33. The highest BCUT2D eigenvalue weighted by molar-refractivity contribution is 7.99. The van der Waals surface area contributed by atoms with Gasteiger partial charge in [-0.3, -0.25) is 9.89 Å². The van der Waals surface area contributed by atoms with Crippen LogP contribution in [-0.2, 0) is 4.79 Å². The minimum atomic E-state index is -0.811. The molecule has 6 nitrogen and oxygen atoms in total. The van der Waals surface area contributed by atoms with Gasteiger partial charge in [-0.05, 0) is 37.8 Å². The molecule has 0 bridgehead atoms. The van der Waals surface area contributed by atoms with Crippen molar-refractivity contribution in [1.29, 1.82) is 5.26 Å². The molecule has 2 N–H and O–H groups in total. The van der Waals surface area contributed by atoms with E-state index in [0.717, 1.165) is 24.6 Å². The fourth-order valence-electron chi connectivity index (χ4n) is 2.42. The van der Waals surface area contributed by atoms with Gasteiger partial charge < -0.3 is 5.32 Å². The van der Waals surface area contributed by atoms with Crippen LogP contribution in [0, 0.1) is 23.1 Å². The van der Waals surface area contributed by atoms with E-state index in [1.807, 2.05) is 0 Å². The number of halogens is 1. The molecule has 1 heterocycles. The van der Waals surface area contributed by atoms with Crippen LogP contribution in [0.5, 0.6) is 0 Å². The second-order valence-corrected chi connectivity index (χ2v) is 6.81. The van der Waals surface area contributed by atoms with Crippen LogP contribution in [0.2, 0.25) is 0 Å². The summed E-state index contributed by atoms with van der Waals surface area (Å²) in [7, 11) is 0. The third-order valence-electron chi connectivity index (χ3n) is 3.95. The molecule has 1 aromatic heterocycles. The van der Waals surface area contributed by atoms with Crippen molar-refractivity contribution >= 4 is 17.7 Å². The molecule has 0 saturated heterocycles. The Morgan fingerprint density at radius 3 is 2.96 bits per heavy atom. The van der Waals surface area contributed by atoms with E-state index in [4.69, 9.17) is 0 Å². The smallest absolute Gasteiger partial charge is 0.231 e. The Hall–Kier alpha value is -2.40. The Kier molecular flexibility index (Phi) is 4.53. The van der Waals surface area contributed by atoms with Crippen molar-refractivity contribution in [2.75, 3.05) is 5.75 Å². The lowest BCUT2D eigenvalue weighted by Crippen LogP contribution is -2.47. The summed E-state index contributed by atoms with van der Waals surface area (Å²) in [6, 6.07) is 8.44. The van der Waals surface area contributed by atoms with E-state index in [2.05, 4.69) is 26.6 Å². The molecule has 1 unspecified atom stereocenters. The molecular formula is C16H16FN5OS. The molecule has 1 saturated carbocycles. The molecule has 1 amide bonds. The van der Waals surface area contributed by atoms with Gasteiger partial charge in [0.1, 0.15) is 11.4 Å². The Labute approximate surface area is 142 Å². The summed E-state index contributed by atoms with van der Waals surface area (Å²) in [6.07, 6.45) is 1.93. The quantitative estimate of drug-likeness (QED) is 0.785. The first kappa shape index (κ1) is 16.5. The van der Waals surface area contributed by atoms with Crippen LogP contribution in [0.4, 0.5) is 4.39 Å². The second-order valence-electron chi connectivity index (χ2n) is 5.87. The molecule has 24 heavy (non-hydrogen) atoms. The number of aromatic amines is 1. The van der Waals surface area contributed by atoms with Crippen molar-refractivity contribution in [3.8, 4) is 17.5 Å². The molecule has 2 aromatic rings. The Morgan fingerprint density at radius 2 is 2.29 bits per heavy atom. The maximum atomic E-state index is 13.7. The minimum Gasteiger partial charge on any atom is -0.337 e. The van der Waals surface area contributed by atoms with Gasteiger partial charge in [0.2, 0.25) is 11.1 Å². The normalized spacial score (nSPS) is 16.2. The lowest BCUT2D eigenvalue weighted by Gasteiger charge is -2.22. The molecule has 3 rings (SSSR count). The fourth-order valence-corrected chi connectivity index (χ4v) is 3.02. The van der Waals surface area contributed by atoms with Crippen LogP contribution in [0.25, 0.3) is 11.4 Å². The van der Waals surface area contributed by atoms with Gasteiger partial charge in [-0.25, -0.2) is 9.37 Å². The highest BCUT2D eigenvalue weighted by atomic mass is 32.2. The van der Waals surface area contributed by atoms with Crippen molar-refractivity contribution < 1.29 is 9.18 Å². The summed E-state index contributed by atoms with van der Waals surface area (Å²) in [4.78, 5) is 16.2. The van der Waals surface area contributed by atoms with Crippen molar-refractivity contribution in [3.63, 3.8) is 0 Å². The van der Waals surface area contributed by atoms with Crippen molar-refractivity contribution in [3.05, 3.63) is 30.1 Å². The zero-order valence-electron chi connectivity index (χ0n) is 13.0. The third kappa shape index (κ3) is 3.57. The summed E-state index contributed by atoms with van der Waals surface area (Å²) in [6.45, 7) is 1.75. The van der Waals surface area contributed by atoms with E-state index < -0.39 is 11.4 Å². The van der Waals surface area contributed by atoms with Crippen LogP contribution in [0.3, 0.4) is 0 Å². The van der Waals surface area contributed by atoms with Gasteiger partial charge in [-0.1, -0.05) is 23.9 Å². The van der Waals surface area contributed by atoms with Gasteiger partial charge in [0, 0.05) is 0 Å². The molecule has 1 aromatic carbocycles. The number of nitrogens with one attached hydrogen (secondary N) is 2. The zero-order valence-corrected chi connectivity index (χ0v) is 13.9. The molecule has 0 radical (unpaired) electrons. The SMILES string of the molecule is CC(C#N)(NC(=O)CSc1n[nH]c(-c2ccccc2F)n1)C1CC1. The maximum absolute atomic E-state index is 13.7. The van der Waals surface area contributed by atoms with Gasteiger partial charge in [0.15, 0.2) is 5.82 Å². The van der Waals surface area contributed by atoms with Crippen molar-refractivity contribution in [1.82, 2.24) is 20.5 Å². The van der Waals surface area contributed by atoms with E-state index in [0.29, 0.717) is 16.5 Å². The van der Waals surface area contributed by atoms with E-state index in [1.165, 1.54) is 6.07 Å². The number of benzene rings is 1. The third-order valence-corrected chi connectivity index (χ3v) is 4.80. The van der Waals surface area contributed by atoms with E-state index >= 15 is 0 Å². The standard InChI is InChI=1S/C16H16FN5OS/c1-16(9-18,10-6-7-10)20-13(23)8-24-15-19-14(21-22-15)11-4-2-3-5-12(11)17/h2-5,10H,6-8H2,1H3,(H,20,23)(H,19,21,22). The zero-order chi connectivity index (χ0) is 17.2. The summed E-state index contributed by atoms with van der Waals surface area (Å²) in [5, 5.41) is 19.0. The first-order valence-corrected chi connectivity index (χ1v) is 8.53. The molecule has 0 spiro atoms. The summed E-state index contributed by atoms with van der Waals surface area (Å²) < 4.78 is 13.7. The summed E-state index contributed by atoms with van der Waals surface area (Å²) >= 11 is 1.14. The molecule has 8 heteroatoms. The highest BCUT2D eigenvalue weighted by Gasteiger charge is 2.42. The first-order valence-electron chi connectivity index (χ1n) is 7.54. The van der Waals surface area contributed by atoms with Gasteiger partial charge >= 0.3 is 0 Å². The van der Waals surface area contributed by atoms with Crippen LogP contribution in [0.1, 0.15) is 19.8 Å². The number of nitrogens with zero attached hydrogens (tertiary/aromatic N) is 3. The average molecular weight is 345 g/mol. The predicted octanol–water partition coefficient (Wildman–Crippen LogP) is 2.51. The number of carbonyl (C=O) groups excluding carboxylic acids is 1. The van der Waals surface area contributed by atoms with Crippen LogP contribution in [-0.4, -0.2) is 32.4 Å². The van der Waals surface area contributed by atoms with E-state index in [1.54, 1.807) is 25.1 Å². The highest BCUT2D eigenvalue weighted by Crippen LogP contribution is 2.39. The van der Waals surface area contributed by atoms with Crippen LogP contribution in [0.15, 0.2) is 29.4 Å². The number of hydrogen-bond donors (Lipinski definition) is 2. The number of aromatic nitrogens is 3. The second kappa shape index (κ2) is 6.61. The summed E-state index contributed by atoms with van der Waals surface area (Å²) in [5.41, 5.74) is -0.485. The van der Waals surface area contributed by atoms with Gasteiger partial charge in [-0.2, -0.15) is 5.26 Å².